The first-order chi connectivity index (χ1) is 8.49. The molecule has 1 fully saturated rings. The molecule has 1 aromatic rings. The molecule has 2 nitrogen and oxygen atoms in total. The largest absolute Gasteiger partial charge is 0.326 e. The summed E-state index contributed by atoms with van der Waals surface area (Å²) in [6.45, 7) is 2.46. The fourth-order valence-corrected chi connectivity index (χ4v) is 2.19. The highest BCUT2D eigenvalue weighted by Crippen LogP contribution is 2.29. The van der Waals surface area contributed by atoms with Gasteiger partial charge in [-0.15, -0.1) is 0 Å². The van der Waals surface area contributed by atoms with Gasteiger partial charge in [-0.25, -0.2) is 8.78 Å². The normalized spacial score (nSPS) is 18.7. The molecule has 2 unspecified atom stereocenters. The lowest BCUT2D eigenvalue weighted by Crippen LogP contribution is -2.38. The molecule has 1 saturated carbocycles. The summed E-state index contributed by atoms with van der Waals surface area (Å²) in [5.41, 5.74) is 6.46. The number of hydrogen-bond acceptors (Lipinski definition) is 2. The topological polar surface area (TPSA) is 38.0 Å². The van der Waals surface area contributed by atoms with E-state index in [4.69, 9.17) is 17.3 Å². The average Bonchev–Trinajstić information content (AvgIpc) is 3.13. The lowest BCUT2D eigenvalue weighted by atomic mass is 9.93. The highest BCUT2D eigenvalue weighted by molar-refractivity contribution is 6.31. The number of nitrogens with two attached hydrogens (primary N) is 1. The smallest absolute Gasteiger partial charge is 0.144 e. The molecule has 3 N–H and O–H groups in total. The van der Waals surface area contributed by atoms with E-state index in [1.165, 1.54) is 18.9 Å². The number of rotatable bonds is 5. The second-order valence-electron chi connectivity index (χ2n) is 4.93. The van der Waals surface area contributed by atoms with E-state index in [9.17, 15) is 8.78 Å². The van der Waals surface area contributed by atoms with Crippen molar-refractivity contribution in [2.24, 2.45) is 5.73 Å². The molecule has 1 aromatic carbocycles. The molecule has 100 valence electrons. The summed E-state index contributed by atoms with van der Waals surface area (Å²) in [4.78, 5) is 0. The van der Waals surface area contributed by atoms with Crippen molar-refractivity contribution in [3.05, 3.63) is 34.4 Å². The van der Waals surface area contributed by atoms with Crippen LogP contribution in [0.15, 0.2) is 12.1 Å². The SMILES string of the molecule is CC(c1cc(F)cc(F)c1Cl)C(N)CNC1CC1. The Kier molecular flexibility index (Phi) is 4.20. The molecule has 1 aliphatic carbocycles. The van der Waals surface area contributed by atoms with Crippen molar-refractivity contribution in [3.63, 3.8) is 0 Å². The van der Waals surface area contributed by atoms with Gasteiger partial charge in [-0.05, 0) is 30.4 Å². The van der Waals surface area contributed by atoms with Crippen LogP contribution in [0, 0.1) is 11.6 Å². The lowest BCUT2D eigenvalue weighted by molar-refractivity contribution is 0.504. The van der Waals surface area contributed by atoms with Gasteiger partial charge in [0.25, 0.3) is 0 Å². The van der Waals surface area contributed by atoms with Crippen molar-refractivity contribution in [2.75, 3.05) is 6.54 Å². The Hall–Kier alpha value is -0.710. The summed E-state index contributed by atoms with van der Waals surface area (Å²) in [5.74, 6) is -1.56. The molecule has 2 atom stereocenters. The van der Waals surface area contributed by atoms with Crippen LogP contribution in [0.1, 0.15) is 31.2 Å². The minimum atomic E-state index is -0.735. The van der Waals surface area contributed by atoms with Crippen LogP contribution in [0.5, 0.6) is 0 Å². The van der Waals surface area contributed by atoms with E-state index in [2.05, 4.69) is 5.32 Å². The minimum absolute atomic E-state index is 0.0363. The quantitative estimate of drug-likeness (QED) is 0.811. The molecule has 0 radical (unpaired) electrons. The van der Waals surface area contributed by atoms with Gasteiger partial charge in [0.15, 0.2) is 0 Å². The number of hydrogen-bond donors (Lipinski definition) is 2. The van der Waals surface area contributed by atoms with Crippen molar-refractivity contribution in [3.8, 4) is 0 Å². The van der Waals surface area contributed by atoms with Crippen LogP contribution < -0.4 is 11.1 Å². The second kappa shape index (κ2) is 5.51. The number of benzene rings is 1. The molecule has 0 aromatic heterocycles. The van der Waals surface area contributed by atoms with Crippen molar-refractivity contribution >= 4 is 11.6 Å². The van der Waals surface area contributed by atoms with E-state index in [0.717, 1.165) is 6.07 Å². The number of halogens is 3. The predicted molar refractivity (Wildman–Crippen MR) is 68.8 cm³/mol. The minimum Gasteiger partial charge on any atom is -0.326 e. The molecular formula is C13H17ClF2N2. The van der Waals surface area contributed by atoms with Gasteiger partial charge in [-0.2, -0.15) is 0 Å². The Balaban J connectivity index is 2.08. The maximum atomic E-state index is 13.4. The summed E-state index contributed by atoms with van der Waals surface area (Å²) < 4.78 is 26.6. The van der Waals surface area contributed by atoms with Crippen LogP contribution in [0.25, 0.3) is 0 Å². The third-order valence-corrected chi connectivity index (χ3v) is 3.77. The lowest BCUT2D eigenvalue weighted by Gasteiger charge is -2.22. The van der Waals surface area contributed by atoms with E-state index < -0.39 is 11.6 Å². The summed E-state index contributed by atoms with van der Waals surface area (Å²) >= 11 is 5.86. The third-order valence-electron chi connectivity index (χ3n) is 3.37. The maximum Gasteiger partial charge on any atom is 0.144 e. The van der Waals surface area contributed by atoms with E-state index in [1.807, 2.05) is 6.92 Å². The fourth-order valence-electron chi connectivity index (χ4n) is 1.90. The Morgan fingerprint density at radius 2 is 2.11 bits per heavy atom. The monoisotopic (exact) mass is 274 g/mol. The van der Waals surface area contributed by atoms with Gasteiger partial charge >= 0.3 is 0 Å². The third kappa shape index (κ3) is 3.19. The molecule has 5 heteroatoms. The van der Waals surface area contributed by atoms with E-state index in [1.54, 1.807) is 0 Å². The maximum absolute atomic E-state index is 13.4. The molecule has 0 spiro atoms. The van der Waals surface area contributed by atoms with Crippen LogP contribution in [0.2, 0.25) is 5.02 Å². The van der Waals surface area contributed by atoms with E-state index >= 15 is 0 Å². The Bertz CT molecular complexity index is 435. The first kappa shape index (κ1) is 13.7. The molecule has 0 saturated heterocycles. The van der Waals surface area contributed by atoms with Gasteiger partial charge in [-0.3, -0.25) is 0 Å². The van der Waals surface area contributed by atoms with Gasteiger partial charge in [0, 0.05) is 24.7 Å². The zero-order valence-corrected chi connectivity index (χ0v) is 11.0. The average molecular weight is 275 g/mol. The zero-order valence-electron chi connectivity index (χ0n) is 10.2. The van der Waals surface area contributed by atoms with Gasteiger partial charge in [0.1, 0.15) is 11.6 Å². The summed E-state index contributed by atoms with van der Waals surface area (Å²) in [6, 6.07) is 2.38. The number of nitrogens with one attached hydrogen (secondary N) is 1. The molecule has 0 amide bonds. The predicted octanol–water partition coefficient (Wildman–Crippen LogP) is 2.80. The van der Waals surface area contributed by atoms with E-state index in [-0.39, 0.29) is 17.0 Å². The van der Waals surface area contributed by atoms with Crippen molar-refractivity contribution in [1.29, 1.82) is 0 Å². The Morgan fingerprint density at radius 1 is 1.44 bits per heavy atom. The van der Waals surface area contributed by atoms with Gasteiger partial charge in [0.2, 0.25) is 0 Å². The molecule has 0 bridgehead atoms. The summed E-state index contributed by atoms with van der Waals surface area (Å²) in [6.07, 6.45) is 2.35. The van der Waals surface area contributed by atoms with Gasteiger partial charge < -0.3 is 11.1 Å². The van der Waals surface area contributed by atoms with E-state index in [0.29, 0.717) is 18.2 Å². The van der Waals surface area contributed by atoms with Crippen molar-refractivity contribution < 1.29 is 8.78 Å². The zero-order chi connectivity index (χ0) is 13.3. The summed E-state index contributed by atoms with van der Waals surface area (Å²) in [5, 5.41) is 3.26. The van der Waals surface area contributed by atoms with Crippen LogP contribution in [0.3, 0.4) is 0 Å². The summed E-state index contributed by atoms with van der Waals surface area (Å²) in [7, 11) is 0. The highest BCUT2D eigenvalue weighted by Gasteiger charge is 2.24. The Labute approximate surface area is 111 Å². The molecule has 1 aliphatic rings. The molecule has 2 rings (SSSR count). The highest BCUT2D eigenvalue weighted by atomic mass is 35.5. The van der Waals surface area contributed by atoms with Crippen molar-refractivity contribution in [2.45, 2.75) is 37.8 Å². The van der Waals surface area contributed by atoms with Crippen LogP contribution in [-0.4, -0.2) is 18.6 Å². The van der Waals surface area contributed by atoms with Gasteiger partial charge in [0.05, 0.1) is 5.02 Å². The van der Waals surface area contributed by atoms with Crippen LogP contribution in [-0.2, 0) is 0 Å². The van der Waals surface area contributed by atoms with Crippen LogP contribution in [0.4, 0.5) is 8.78 Å². The Morgan fingerprint density at radius 3 is 2.72 bits per heavy atom. The van der Waals surface area contributed by atoms with Crippen molar-refractivity contribution in [1.82, 2.24) is 5.32 Å². The second-order valence-corrected chi connectivity index (χ2v) is 5.30. The molecule has 0 aliphatic heterocycles. The molecule has 0 heterocycles. The van der Waals surface area contributed by atoms with Gasteiger partial charge in [-0.1, -0.05) is 18.5 Å². The molecule has 18 heavy (non-hydrogen) atoms. The fraction of sp³-hybridized carbons (Fsp3) is 0.538. The first-order valence-corrected chi connectivity index (χ1v) is 6.50. The standard InChI is InChI=1S/C13H17ClF2N2/c1-7(12(17)6-18-9-2-3-9)10-4-8(15)5-11(16)13(10)14/h4-5,7,9,12,18H,2-3,6,17H2,1H3. The first-order valence-electron chi connectivity index (χ1n) is 6.12. The van der Waals surface area contributed by atoms with Crippen LogP contribution >= 0.6 is 11.6 Å². The molecular weight excluding hydrogens is 258 g/mol.